The number of rotatable bonds is 7. The van der Waals surface area contributed by atoms with Gasteiger partial charge in [0.2, 0.25) is 5.91 Å². The van der Waals surface area contributed by atoms with E-state index < -0.39 is 0 Å². The first-order chi connectivity index (χ1) is 8.79. The zero-order chi connectivity index (χ0) is 12.8. The lowest BCUT2D eigenvalue weighted by molar-refractivity contribution is -0.121. The van der Waals surface area contributed by atoms with Gasteiger partial charge in [0, 0.05) is 38.1 Å². The molecule has 0 aromatic rings. The number of carbonyl (C=O) groups is 1. The molecule has 1 atom stereocenters. The molecule has 0 spiro atoms. The van der Waals surface area contributed by atoms with Gasteiger partial charge in [0.1, 0.15) is 0 Å². The number of hydrogen-bond acceptors (Lipinski definition) is 3. The lowest BCUT2D eigenvalue weighted by Crippen LogP contribution is -2.45. The highest BCUT2D eigenvalue weighted by Gasteiger charge is 2.30. The molecule has 1 saturated heterocycles. The predicted octanol–water partition coefficient (Wildman–Crippen LogP) is 1.12. The third-order valence-corrected chi connectivity index (χ3v) is 3.93. The van der Waals surface area contributed by atoms with Crippen molar-refractivity contribution in [3.8, 4) is 0 Å². The van der Waals surface area contributed by atoms with Gasteiger partial charge >= 0.3 is 0 Å². The third kappa shape index (κ3) is 4.58. The van der Waals surface area contributed by atoms with E-state index in [4.69, 9.17) is 0 Å². The van der Waals surface area contributed by atoms with Crippen molar-refractivity contribution < 1.29 is 4.79 Å². The first-order valence-corrected chi connectivity index (χ1v) is 7.53. The summed E-state index contributed by atoms with van der Waals surface area (Å²) in [6, 6.07) is 1.40. The number of nitrogens with one attached hydrogen (secondary N) is 2. The van der Waals surface area contributed by atoms with Gasteiger partial charge in [-0.25, -0.2) is 0 Å². The van der Waals surface area contributed by atoms with Gasteiger partial charge in [-0.15, -0.1) is 0 Å². The van der Waals surface area contributed by atoms with Crippen LogP contribution in [0, 0.1) is 0 Å². The second-order valence-electron chi connectivity index (χ2n) is 5.58. The molecule has 1 saturated carbocycles. The molecule has 1 unspecified atom stereocenters. The summed E-state index contributed by atoms with van der Waals surface area (Å²) in [5, 5.41) is 6.49. The smallest absolute Gasteiger partial charge is 0.221 e. The van der Waals surface area contributed by atoms with Crippen LogP contribution in [0.1, 0.15) is 45.4 Å². The normalized spacial score (nSPS) is 24.2. The fraction of sp³-hybridized carbons (Fsp3) is 0.929. The summed E-state index contributed by atoms with van der Waals surface area (Å²) >= 11 is 0. The summed E-state index contributed by atoms with van der Waals surface area (Å²) in [6.45, 7) is 5.94. The van der Waals surface area contributed by atoms with E-state index in [-0.39, 0.29) is 5.91 Å². The van der Waals surface area contributed by atoms with Gasteiger partial charge in [-0.3, -0.25) is 9.69 Å². The fourth-order valence-corrected chi connectivity index (χ4v) is 2.76. The van der Waals surface area contributed by atoms with Crippen LogP contribution in [0.5, 0.6) is 0 Å². The molecule has 2 fully saturated rings. The van der Waals surface area contributed by atoms with Crippen LogP contribution < -0.4 is 10.6 Å². The number of piperidine rings is 1. The number of nitrogens with zero attached hydrogens (tertiary/aromatic N) is 1. The van der Waals surface area contributed by atoms with E-state index in [0.29, 0.717) is 12.5 Å². The summed E-state index contributed by atoms with van der Waals surface area (Å²) in [4.78, 5) is 14.1. The minimum absolute atomic E-state index is 0.194. The van der Waals surface area contributed by atoms with Crippen molar-refractivity contribution in [1.29, 1.82) is 0 Å². The maximum Gasteiger partial charge on any atom is 0.221 e. The van der Waals surface area contributed by atoms with Gasteiger partial charge in [0.15, 0.2) is 0 Å². The number of hydrogen-bond donors (Lipinski definition) is 2. The Morgan fingerprint density at radius 1 is 1.33 bits per heavy atom. The van der Waals surface area contributed by atoms with Crippen molar-refractivity contribution in [2.24, 2.45) is 0 Å². The summed E-state index contributed by atoms with van der Waals surface area (Å²) in [6.07, 6.45) is 7.26. The molecular weight excluding hydrogens is 226 g/mol. The van der Waals surface area contributed by atoms with E-state index in [1.165, 1.54) is 38.6 Å². The molecular formula is C14H27N3O. The third-order valence-electron chi connectivity index (χ3n) is 3.93. The molecule has 104 valence electrons. The van der Waals surface area contributed by atoms with Crippen LogP contribution in [0.4, 0.5) is 0 Å². The predicted molar refractivity (Wildman–Crippen MR) is 73.5 cm³/mol. The Labute approximate surface area is 110 Å². The van der Waals surface area contributed by atoms with Crippen molar-refractivity contribution in [3.63, 3.8) is 0 Å². The van der Waals surface area contributed by atoms with E-state index in [9.17, 15) is 4.79 Å². The largest absolute Gasteiger partial charge is 0.356 e. The van der Waals surface area contributed by atoms with Crippen LogP contribution >= 0.6 is 0 Å². The van der Waals surface area contributed by atoms with Crippen molar-refractivity contribution in [3.05, 3.63) is 0 Å². The molecule has 0 aromatic heterocycles. The molecule has 4 nitrogen and oxygen atoms in total. The highest BCUT2D eigenvalue weighted by Crippen LogP contribution is 2.27. The van der Waals surface area contributed by atoms with Gasteiger partial charge in [-0.05, 0) is 39.2 Å². The second kappa shape index (κ2) is 7.10. The number of carbonyl (C=O) groups excluding carboxylic acids is 1. The SMILES string of the molecule is CCNC(=O)CCN(CC1CCCCN1)C1CC1. The van der Waals surface area contributed by atoms with E-state index >= 15 is 0 Å². The number of amides is 1. The van der Waals surface area contributed by atoms with Gasteiger partial charge in [0.25, 0.3) is 0 Å². The molecule has 2 rings (SSSR count). The van der Waals surface area contributed by atoms with Crippen molar-refractivity contribution in [2.45, 2.75) is 57.5 Å². The Morgan fingerprint density at radius 2 is 2.17 bits per heavy atom. The molecule has 4 heteroatoms. The highest BCUT2D eigenvalue weighted by atomic mass is 16.1. The maximum atomic E-state index is 11.5. The monoisotopic (exact) mass is 253 g/mol. The molecule has 2 aliphatic rings. The zero-order valence-corrected chi connectivity index (χ0v) is 11.6. The Hall–Kier alpha value is -0.610. The van der Waals surface area contributed by atoms with Crippen molar-refractivity contribution in [1.82, 2.24) is 15.5 Å². The van der Waals surface area contributed by atoms with Crippen LogP contribution in [0.15, 0.2) is 0 Å². The Morgan fingerprint density at radius 3 is 2.78 bits per heavy atom. The molecule has 0 radical (unpaired) electrons. The topological polar surface area (TPSA) is 44.4 Å². The molecule has 1 aliphatic carbocycles. The van der Waals surface area contributed by atoms with Crippen LogP contribution in [0.25, 0.3) is 0 Å². The average Bonchev–Trinajstić information content (AvgIpc) is 3.20. The lowest BCUT2D eigenvalue weighted by Gasteiger charge is -2.30. The fourth-order valence-electron chi connectivity index (χ4n) is 2.76. The quantitative estimate of drug-likeness (QED) is 0.714. The second-order valence-corrected chi connectivity index (χ2v) is 5.58. The Bertz CT molecular complexity index is 260. The Balaban J connectivity index is 1.71. The first-order valence-electron chi connectivity index (χ1n) is 7.53. The van der Waals surface area contributed by atoms with Crippen molar-refractivity contribution >= 4 is 5.91 Å². The molecule has 0 aromatic carbocycles. The first kappa shape index (κ1) is 13.8. The zero-order valence-electron chi connectivity index (χ0n) is 11.6. The van der Waals surface area contributed by atoms with Crippen molar-refractivity contribution in [2.75, 3.05) is 26.2 Å². The van der Waals surface area contributed by atoms with Gasteiger partial charge in [0.05, 0.1) is 0 Å². The highest BCUT2D eigenvalue weighted by molar-refractivity contribution is 5.75. The molecule has 1 heterocycles. The minimum atomic E-state index is 0.194. The maximum absolute atomic E-state index is 11.5. The molecule has 1 aliphatic heterocycles. The molecule has 0 bridgehead atoms. The van der Waals surface area contributed by atoms with Crippen LogP contribution in [0.3, 0.4) is 0 Å². The summed E-state index contributed by atoms with van der Waals surface area (Å²) in [5.41, 5.74) is 0. The van der Waals surface area contributed by atoms with Crippen LogP contribution in [-0.2, 0) is 4.79 Å². The molecule has 2 N–H and O–H groups in total. The van der Waals surface area contributed by atoms with E-state index in [2.05, 4.69) is 15.5 Å². The van der Waals surface area contributed by atoms with Crippen LogP contribution in [-0.4, -0.2) is 49.1 Å². The Kier molecular flexibility index (Phi) is 5.45. The summed E-state index contributed by atoms with van der Waals surface area (Å²) in [5.74, 6) is 0.194. The van der Waals surface area contributed by atoms with Gasteiger partial charge < -0.3 is 10.6 Å². The minimum Gasteiger partial charge on any atom is -0.356 e. The lowest BCUT2D eigenvalue weighted by atomic mass is 10.0. The van der Waals surface area contributed by atoms with Gasteiger partial charge in [-0.1, -0.05) is 6.42 Å². The van der Waals surface area contributed by atoms with Crippen LogP contribution in [0.2, 0.25) is 0 Å². The summed E-state index contributed by atoms with van der Waals surface area (Å²) in [7, 11) is 0. The van der Waals surface area contributed by atoms with E-state index in [1.54, 1.807) is 0 Å². The molecule has 1 amide bonds. The average molecular weight is 253 g/mol. The molecule has 18 heavy (non-hydrogen) atoms. The van der Waals surface area contributed by atoms with E-state index in [1.807, 2.05) is 6.92 Å². The van der Waals surface area contributed by atoms with Gasteiger partial charge in [-0.2, -0.15) is 0 Å². The standard InChI is InChI=1S/C14H27N3O/c1-2-15-14(18)8-10-17(13-6-7-13)11-12-5-3-4-9-16-12/h12-13,16H,2-11H2,1H3,(H,15,18). The summed E-state index contributed by atoms with van der Waals surface area (Å²) < 4.78 is 0. The van der Waals surface area contributed by atoms with E-state index in [0.717, 1.165) is 25.7 Å².